The minimum Gasteiger partial charge on any atom is -0.459 e. The van der Waals surface area contributed by atoms with E-state index in [-0.39, 0.29) is 19.2 Å². The van der Waals surface area contributed by atoms with E-state index in [9.17, 15) is 9.59 Å². The monoisotopic (exact) mass is 229 g/mol. The lowest BCUT2D eigenvalue weighted by atomic mass is 10.2. The quantitative estimate of drug-likeness (QED) is 0.417. The summed E-state index contributed by atoms with van der Waals surface area (Å²) >= 11 is 0. The van der Waals surface area contributed by atoms with Crippen LogP contribution in [0.2, 0.25) is 0 Å². The number of carbonyl (C=O) groups excluding carboxylic acids is 2. The van der Waals surface area contributed by atoms with Crippen LogP contribution >= 0.6 is 0 Å². The second kappa shape index (κ2) is 6.87. The number of ether oxygens (including phenoxy) is 2. The van der Waals surface area contributed by atoms with Crippen LogP contribution in [0.25, 0.3) is 0 Å². The minimum absolute atomic E-state index is 0.0682. The molecule has 5 nitrogen and oxygen atoms in total. The summed E-state index contributed by atoms with van der Waals surface area (Å²) in [6.07, 6.45) is -0.449. The lowest BCUT2D eigenvalue weighted by molar-refractivity contribution is -0.140. The molecule has 1 amide bonds. The largest absolute Gasteiger partial charge is 0.459 e. The van der Waals surface area contributed by atoms with Crippen LogP contribution in [0, 0.1) is 0 Å². The van der Waals surface area contributed by atoms with Crippen LogP contribution < -0.4 is 0 Å². The molecule has 0 spiro atoms. The zero-order chi connectivity index (χ0) is 12.7. The fraction of sp³-hybridized carbons (Fsp3) is 0.636. The van der Waals surface area contributed by atoms with Gasteiger partial charge < -0.3 is 14.4 Å². The summed E-state index contributed by atoms with van der Waals surface area (Å²) in [5.74, 6) is -0.374. The Bertz CT molecular complexity index is 290. The normalized spacial score (nSPS) is 9.31. The molecule has 0 atom stereocenters. The van der Waals surface area contributed by atoms with E-state index in [1.807, 2.05) is 13.8 Å². The molecule has 0 unspecified atom stereocenters. The molecule has 0 aromatic heterocycles. The molecule has 5 heteroatoms. The van der Waals surface area contributed by atoms with Gasteiger partial charge in [-0.15, -0.1) is 0 Å². The van der Waals surface area contributed by atoms with Crippen molar-refractivity contribution in [1.82, 2.24) is 4.90 Å². The van der Waals surface area contributed by atoms with Crippen LogP contribution in [0.1, 0.15) is 20.8 Å². The fourth-order valence-corrected chi connectivity index (χ4v) is 0.705. The van der Waals surface area contributed by atoms with Crippen LogP contribution in [0.15, 0.2) is 11.1 Å². The highest BCUT2D eigenvalue weighted by Crippen LogP contribution is 2.03. The summed E-state index contributed by atoms with van der Waals surface area (Å²) in [7, 11) is 3.17. The van der Waals surface area contributed by atoms with Gasteiger partial charge in [-0.3, -0.25) is 0 Å². The zero-order valence-corrected chi connectivity index (χ0v) is 10.5. The van der Waals surface area contributed by atoms with Crippen molar-refractivity contribution < 1.29 is 19.1 Å². The van der Waals surface area contributed by atoms with Gasteiger partial charge in [0.2, 0.25) is 0 Å². The van der Waals surface area contributed by atoms with Crippen molar-refractivity contribution in [3.63, 3.8) is 0 Å². The van der Waals surface area contributed by atoms with Crippen molar-refractivity contribution in [2.24, 2.45) is 0 Å². The first kappa shape index (κ1) is 14.5. The third-order valence-electron chi connectivity index (χ3n) is 1.96. The van der Waals surface area contributed by atoms with Gasteiger partial charge >= 0.3 is 12.1 Å². The molecule has 0 aliphatic carbocycles. The standard InChI is InChI=1S/C11H19NO4/c1-8(2)9(3)10(13)15-6-7-16-11(14)12(4)5/h6-7H2,1-5H3. The van der Waals surface area contributed by atoms with Crippen molar-refractivity contribution in [3.8, 4) is 0 Å². The Morgan fingerprint density at radius 1 is 1.00 bits per heavy atom. The molecule has 0 rings (SSSR count). The SMILES string of the molecule is CC(C)=C(C)C(=O)OCCOC(=O)N(C)C. The van der Waals surface area contributed by atoms with Crippen molar-refractivity contribution >= 4 is 12.1 Å². The Morgan fingerprint density at radius 2 is 1.50 bits per heavy atom. The number of allylic oxidation sites excluding steroid dienone is 1. The summed E-state index contributed by atoms with van der Waals surface area (Å²) in [6.45, 7) is 5.51. The molecule has 0 heterocycles. The van der Waals surface area contributed by atoms with E-state index in [0.29, 0.717) is 5.57 Å². The molecule has 0 aliphatic heterocycles. The minimum atomic E-state index is -0.449. The van der Waals surface area contributed by atoms with E-state index in [2.05, 4.69) is 0 Å². The van der Waals surface area contributed by atoms with Gasteiger partial charge in [0.1, 0.15) is 13.2 Å². The van der Waals surface area contributed by atoms with E-state index in [4.69, 9.17) is 9.47 Å². The summed E-state index contributed by atoms with van der Waals surface area (Å²) in [4.78, 5) is 23.6. The van der Waals surface area contributed by atoms with Gasteiger partial charge in [-0.1, -0.05) is 5.57 Å². The Balaban J connectivity index is 3.81. The van der Waals surface area contributed by atoms with Crippen LogP contribution in [0.4, 0.5) is 4.79 Å². The molecule has 0 aromatic carbocycles. The Labute approximate surface area is 96.0 Å². The summed E-state index contributed by atoms with van der Waals surface area (Å²) in [5, 5.41) is 0. The Morgan fingerprint density at radius 3 is 1.94 bits per heavy atom. The fourth-order valence-electron chi connectivity index (χ4n) is 0.705. The topological polar surface area (TPSA) is 55.8 Å². The Hall–Kier alpha value is -1.52. The lowest BCUT2D eigenvalue weighted by Gasteiger charge is -2.11. The molecule has 0 saturated heterocycles. The lowest BCUT2D eigenvalue weighted by Crippen LogP contribution is -2.24. The van der Waals surface area contributed by atoms with E-state index < -0.39 is 6.09 Å². The number of rotatable bonds is 4. The predicted molar refractivity (Wildman–Crippen MR) is 60.0 cm³/mol. The highest BCUT2D eigenvalue weighted by atomic mass is 16.6. The van der Waals surface area contributed by atoms with Gasteiger partial charge in [0.25, 0.3) is 0 Å². The molecule has 16 heavy (non-hydrogen) atoms. The first-order chi connectivity index (χ1) is 7.36. The average Bonchev–Trinajstić information content (AvgIpc) is 2.22. The van der Waals surface area contributed by atoms with Crippen molar-refractivity contribution in [2.45, 2.75) is 20.8 Å². The van der Waals surface area contributed by atoms with Crippen molar-refractivity contribution in [3.05, 3.63) is 11.1 Å². The van der Waals surface area contributed by atoms with Gasteiger partial charge in [-0.2, -0.15) is 0 Å². The van der Waals surface area contributed by atoms with Gasteiger partial charge in [-0.05, 0) is 20.8 Å². The summed E-state index contributed by atoms with van der Waals surface area (Å²) < 4.78 is 9.69. The van der Waals surface area contributed by atoms with Crippen molar-refractivity contribution in [1.29, 1.82) is 0 Å². The third-order valence-corrected chi connectivity index (χ3v) is 1.96. The van der Waals surface area contributed by atoms with Crippen LogP contribution in [-0.2, 0) is 14.3 Å². The number of hydrogen-bond donors (Lipinski definition) is 0. The number of esters is 1. The first-order valence-corrected chi connectivity index (χ1v) is 5.01. The average molecular weight is 229 g/mol. The zero-order valence-electron chi connectivity index (χ0n) is 10.5. The van der Waals surface area contributed by atoms with E-state index >= 15 is 0 Å². The summed E-state index contributed by atoms with van der Waals surface area (Å²) in [6, 6.07) is 0. The molecule has 0 saturated carbocycles. The summed E-state index contributed by atoms with van der Waals surface area (Å²) in [5.41, 5.74) is 1.49. The molecular weight excluding hydrogens is 210 g/mol. The van der Waals surface area contributed by atoms with Gasteiger partial charge in [0.15, 0.2) is 0 Å². The second-order valence-electron chi connectivity index (χ2n) is 3.77. The van der Waals surface area contributed by atoms with Gasteiger partial charge in [0, 0.05) is 19.7 Å². The number of amides is 1. The van der Waals surface area contributed by atoms with Crippen LogP contribution in [0.5, 0.6) is 0 Å². The first-order valence-electron chi connectivity index (χ1n) is 5.01. The maximum Gasteiger partial charge on any atom is 0.409 e. The molecule has 0 fully saturated rings. The maximum absolute atomic E-state index is 11.3. The molecular formula is C11H19NO4. The smallest absolute Gasteiger partial charge is 0.409 e. The molecule has 0 radical (unpaired) electrons. The van der Waals surface area contributed by atoms with Crippen LogP contribution in [-0.4, -0.2) is 44.3 Å². The molecule has 0 aromatic rings. The number of carbonyl (C=O) groups is 2. The van der Waals surface area contributed by atoms with Crippen molar-refractivity contribution in [2.75, 3.05) is 27.3 Å². The van der Waals surface area contributed by atoms with E-state index in [0.717, 1.165) is 5.57 Å². The number of hydrogen-bond acceptors (Lipinski definition) is 4. The maximum atomic E-state index is 11.3. The molecule has 0 aliphatic rings. The molecule has 92 valence electrons. The second-order valence-corrected chi connectivity index (χ2v) is 3.77. The Kier molecular flexibility index (Phi) is 6.22. The van der Waals surface area contributed by atoms with Crippen LogP contribution in [0.3, 0.4) is 0 Å². The van der Waals surface area contributed by atoms with E-state index in [1.165, 1.54) is 4.90 Å². The molecule has 0 bridgehead atoms. The highest BCUT2D eigenvalue weighted by Gasteiger charge is 2.08. The van der Waals surface area contributed by atoms with Gasteiger partial charge in [-0.25, -0.2) is 9.59 Å². The van der Waals surface area contributed by atoms with Gasteiger partial charge in [0.05, 0.1) is 0 Å². The third kappa shape index (κ3) is 5.38. The van der Waals surface area contributed by atoms with E-state index in [1.54, 1.807) is 21.0 Å². The highest BCUT2D eigenvalue weighted by molar-refractivity contribution is 5.88. The molecule has 0 N–H and O–H groups in total. The predicted octanol–water partition coefficient (Wildman–Crippen LogP) is 1.58. The number of nitrogens with zero attached hydrogens (tertiary/aromatic N) is 1.